The first-order chi connectivity index (χ1) is 12.4. The maximum Gasteiger partial charge on any atom is 0.229 e. The Kier molecular flexibility index (Phi) is 3.27. The molecule has 3 aromatic heterocycles. The van der Waals surface area contributed by atoms with Crippen LogP contribution in [0.15, 0.2) is 41.1 Å². The summed E-state index contributed by atoms with van der Waals surface area (Å²) in [4.78, 5) is 11.5. The summed E-state index contributed by atoms with van der Waals surface area (Å²) in [5.74, 6) is 1.39. The maximum atomic E-state index is 5.63. The van der Waals surface area contributed by atoms with Crippen LogP contribution in [0.5, 0.6) is 0 Å². The van der Waals surface area contributed by atoms with Crippen LogP contribution >= 0.6 is 0 Å². The molecule has 0 atom stereocenters. The molecule has 126 valence electrons. The Hall–Kier alpha value is -3.13. The van der Waals surface area contributed by atoms with Crippen LogP contribution in [-0.4, -0.2) is 46.3 Å². The molecule has 1 aliphatic rings. The van der Waals surface area contributed by atoms with Crippen LogP contribution < -0.4 is 15.5 Å². The lowest BCUT2D eigenvalue weighted by Crippen LogP contribution is -2.44. The van der Waals surface area contributed by atoms with Gasteiger partial charge in [-0.1, -0.05) is 0 Å². The van der Waals surface area contributed by atoms with Crippen molar-refractivity contribution in [2.75, 3.05) is 36.4 Å². The lowest BCUT2D eigenvalue weighted by atomic mass is 10.2. The van der Waals surface area contributed by atoms with E-state index in [-0.39, 0.29) is 0 Å². The fourth-order valence-corrected chi connectivity index (χ4v) is 3.14. The minimum absolute atomic E-state index is 0.557. The van der Waals surface area contributed by atoms with Crippen molar-refractivity contribution in [3.05, 3.63) is 36.7 Å². The van der Waals surface area contributed by atoms with Gasteiger partial charge in [-0.3, -0.25) is 5.10 Å². The number of benzene rings is 1. The molecule has 0 radical (unpaired) electrons. The standard InChI is InChI=1S/C17H17N7O/c1-2-12(9-14-11(1)10-19-23-14)20-17-21-13-3-8-25-15(13)16(22-17)24-6-4-18-5-7-24/h1-3,8-10,18H,4-7H2,(H,19,23)(H,20,21,22). The fraction of sp³-hybridized carbons (Fsp3) is 0.235. The first kappa shape index (κ1) is 14.2. The molecule has 5 rings (SSSR count). The third-order valence-electron chi connectivity index (χ3n) is 4.40. The molecule has 0 unspecified atom stereocenters. The highest BCUT2D eigenvalue weighted by molar-refractivity contribution is 5.86. The number of H-pyrrole nitrogens is 1. The second-order valence-corrected chi connectivity index (χ2v) is 6.04. The van der Waals surface area contributed by atoms with Gasteiger partial charge in [0.2, 0.25) is 5.95 Å². The third-order valence-corrected chi connectivity index (χ3v) is 4.40. The van der Waals surface area contributed by atoms with Gasteiger partial charge >= 0.3 is 0 Å². The molecular formula is C17H17N7O. The van der Waals surface area contributed by atoms with Gasteiger partial charge in [-0.15, -0.1) is 0 Å². The van der Waals surface area contributed by atoms with Crippen molar-refractivity contribution < 1.29 is 4.42 Å². The molecule has 1 fully saturated rings. The Labute approximate surface area is 143 Å². The van der Waals surface area contributed by atoms with Gasteiger partial charge in [0.1, 0.15) is 5.52 Å². The van der Waals surface area contributed by atoms with Crippen LogP contribution in [0.4, 0.5) is 17.5 Å². The molecule has 8 nitrogen and oxygen atoms in total. The van der Waals surface area contributed by atoms with Crippen LogP contribution in [0, 0.1) is 0 Å². The Bertz CT molecular complexity index is 1030. The van der Waals surface area contributed by atoms with E-state index < -0.39 is 0 Å². The molecule has 4 aromatic rings. The lowest BCUT2D eigenvalue weighted by Gasteiger charge is -2.28. The first-order valence-corrected chi connectivity index (χ1v) is 8.28. The molecule has 4 heterocycles. The van der Waals surface area contributed by atoms with Gasteiger partial charge in [-0.05, 0) is 18.2 Å². The number of piperazine rings is 1. The number of hydrogen-bond donors (Lipinski definition) is 3. The Balaban J connectivity index is 1.53. The number of fused-ring (bicyclic) bond motifs is 2. The molecule has 1 saturated heterocycles. The molecule has 1 aliphatic heterocycles. The van der Waals surface area contributed by atoms with E-state index in [4.69, 9.17) is 9.40 Å². The van der Waals surface area contributed by atoms with Crippen LogP contribution in [-0.2, 0) is 0 Å². The van der Waals surface area contributed by atoms with Crippen LogP contribution in [0.25, 0.3) is 22.0 Å². The zero-order valence-corrected chi connectivity index (χ0v) is 13.5. The quantitative estimate of drug-likeness (QED) is 0.528. The Morgan fingerprint density at radius 2 is 2.04 bits per heavy atom. The molecule has 25 heavy (non-hydrogen) atoms. The van der Waals surface area contributed by atoms with Gasteiger partial charge in [0.25, 0.3) is 0 Å². The van der Waals surface area contributed by atoms with Gasteiger partial charge in [-0.25, -0.2) is 4.98 Å². The predicted molar refractivity (Wildman–Crippen MR) is 96.3 cm³/mol. The summed E-state index contributed by atoms with van der Waals surface area (Å²) in [6.07, 6.45) is 3.46. The SMILES string of the molecule is c1cc2nc(Nc3ccc4cn[nH]c4c3)nc(N3CCNCC3)c2o1. The van der Waals surface area contributed by atoms with Crippen molar-refractivity contribution in [3.63, 3.8) is 0 Å². The van der Waals surface area contributed by atoms with E-state index in [0.717, 1.165) is 59.7 Å². The summed E-state index contributed by atoms with van der Waals surface area (Å²) in [6.45, 7) is 3.66. The Morgan fingerprint density at radius 3 is 2.96 bits per heavy atom. The highest BCUT2D eigenvalue weighted by atomic mass is 16.3. The number of anilines is 3. The molecule has 0 amide bonds. The monoisotopic (exact) mass is 335 g/mol. The van der Waals surface area contributed by atoms with Crippen molar-refractivity contribution in [2.24, 2.45) is 0 Å². The highest BCUT2D eigenvalue weighted by Gasteiger charge is 2.19. The minimum atomic E-state index is 0.557. The second kappa shape index (κ2) is 5.75. The molecular weight excluding hydrogens is 318 g/mol. The van der Waals surface area contributed by atoms with Crippen molar-refractivity contribution in [3.8, 4) is 0 Å². The lowest BCUT2D eigenvalue weighted by molar-refractivity contribution is 0.573. The number of hydrogen-bond acceptors (Lipinski definition) is 7. The van der Waals surface area contributed by atoms with E-state index in [1.807, 2.05) is 24.3 Å². The first-order valence-electron chi connectivity index (χ1n) is 8.28. The fourth-order valence-electron chi connectivity index (χ4n) is 3.14. The number of nitrogens with zero attached hydrogens (tertiary/aromatic N) is 4. The van der Waals surface area contributed by atoms with Crippen molar-refractivity contribution in [1.29, 1.82) is 0 Å². The molecule has 0 aliphatic carbocycles. The van der Waals surface area contributed by atoms with Gasteiger partial charge < -0.3 is 20.0 Å². The number of aromatic nitrogens is 4. The molecule has 0 spiro atoms. The summed E-state index contributed by atoms with van der Waals surface area (Å²) < 4.78 is 5.63. The van der Waals surface area contributed by atoms with E-state index in [9.17, 15) is 0 Å². The van der Waals surface area contributed by atoms with Gasteiger partial charge in [-0.2, -0.15) is 10.1 Å². The van der Waals surface area contributed by atoms with E-state index in [1.54, 1.807) is 12.5 Å². The summed E-state index contributed by atoms with van der Waals surface area (Å²) >= 11 is 0. The van der Waals surface area contributed by atoms with Crippen molar-refractivity contribution >= 4 is 39.5 Å². The van der Waals surface area contributed by atoms with Crippen LogP contribution in [0.3, 0.4) is 0 Å². The van der Waals surface area contributed by atoms with Crippen LogP contribution in [0.1, 0.15) is 0 Å². The topological polar surface area (TPSA) is 94.9 Å². The van der Waals surface area contributed by atoms with E-state index in [2.05, 4.69) is 30.7 Å². The van der Waals surface area contributed by atoms with E-state index in [0.29, 0.717) is 5.95 Å². The maximum absolute atomic E-state index is 5.63. The summed E-state index contributed by atoms with van der Waals surface area (Å²) in [5.41, 5.74) is 3.41. The predicted octanol–water partition coefficient (Wildman–Crippen LogP) is 2.25. The van der Waals surface area contributed by atoms with Crippen molar-refractivity contribution in [2.45, 2.75) is 0 Å². The van der Waals surface area contributed by atoms with E-state index >= 15 is 0 Å². The smallest absolute Gasteiger partial charge is 0.229 e. The van der Waals surface area contributed by atoms with Gasteiger partial charge in [0.15, 0.2) is 11.4 Å². The second-order valence-electron chi connectivity index (χ2n) is 6.04. The normalized spacial score (nSPS) is 15.1. The Morgan fingerprint density at radius 1 is 1.12 bits per heavy atom. The average molecular weight is 335 g/mol. The largest absolute Gasteiger partial charge is 0.459 e. The number of rotatable bonds is 3. The van der Waals surface area contributed by atoms with Gasteiger partial charge in [0, 0.05) is 43.3 Å². The average Bonchev–Trinajstić information content (AvgIpc) is 3.30. The molecule has 3 N–H and O–H groups in total. The number of furan rings is 1. The summed E-state index contributed by atoms with van der Waals surface area (Å²) in [6, 6.07) is 7.86. The number of nitrogens with one attached hydrogen (secondary N) is 3. The van der Waals surface area contributed by atoms with Crippen LogP contribution in [0.2, 0.25) is 0 Å². The highest BCUT2D eigenvalue weighted by Crippen LogP contribution is 2.28. The minimum Gasteiger partial charge on any atom is -0.459 e. The summed E-state index contributed by atoms with van der Waals surface area (Å²) in [7, 11) is 0. The molecule has 0 saturated carbocycles. The zero-order valence-electron chi connectivity index (χ0n) is 13.5. The zero-order chi connectivity index (χ0) is 16.6. The van der Waals surface area contributed by atoms with Gasteiger partial charge in [0.05, 0.1) is 18.0 Å². The molecule has 8 heteroatoms. The van der Waals surface area contributed by atoms with Crippen molar-refractivity contribution in [1.82, 2.24) is 25.5 Å². The molecule has 1 aromatic carbocycles. The third kappa shape index (κ3) is 2.56. The number of aromatic amines is 1. The summed E-state index contributed by atoms with van der Waals surface area (Å²) in [5, 5.41) is 14.7. The molecule has 0 bridgehead atoms. The van der Waals surface area contributed by atoms with E-state index in [1.165, 1.54) is 0 Å².